The molecule has 0 spiro atoms. The monoisotopic (exact) mass is 369 g/mol. The lowest BCUT2D eigenvalue weighted by Crippen LogP contribution is -2.05. The number of nitro benzene ring substituents is 1. The highest BCUT2D eigenvalue weighted by molar-refractivity contribution is 6.37. The number of nitro groups is 1. The van der Waals surface area contributed by atoms with Gasteiger partial charge >= 0.3 is 11.9 Å². The summed E-state index contributed by atoms with van der Waals surface area (Å²) in [5.74, 6) is -1.71. The topological polar surface area (TPSA) is 52.4 Å². The molecule has 0 aliphatic rings. The van der Waals surface area contributed by atoms with Crippen LogP contribution < -0.4 is 4.74 Å². The molecule has 0 radical (unpaired) electrons. The molecule has 0 bridgehead atoms. The Morgan fingerprint density at radius 2 is 1.65 bits per heavy atom. The molecule has 2 aromatic rings. The lowest BCUT2D eigenvalue weighted by atomic mass is 10.2. The van der Waals surface area contributed by atoms with E-state index in [0.29, 0.717) is 18.2 Å². The summed E-state index contributed by atoms with van der Waals surface area (Å²) in [7, 11) is 0. The number of nitrogens with zero attached hydrogens (tertiary/aromatic N) is 1. The molecule has 122 valence electrons. The van der Waals surface area contributed by atoms with Crippen LogP contribution in [0.15, 0.2) is 30.3 Å². The van der Waals surface area contributed by atoms with Gasteiger partial charge in [0.2, 0.25) is 5.82 Å². The van der Waals surface area contributed by atoms with Gasteiger partial charge < -0.3 is 4.74 Å². The van der Waals surface area contributed by atoms with Gasteiger partial charge in [-0.15, -0.1) is 0 Å². The van der Waals surface area contributed by atoms with Crippen molar-refractivity contribution in [2.24, 2.45) is 0 Å². The number of rotatable bonds is 3. The molecule has 0 saturated heterocycles. The van der Waals surface area contributed by atoms with E-state index in [1.165, 1.54) is 0 Å². The van der Waals surface area contributed by atoms with Gasteiger partial charge in [-0.2, -0.15) is 17.6 Å². The first-order valence-corrected chi connectivity index (χ1v) is 6.53. The van der Waals surface area contributed by atoms with Gasteiger partial charge in [-0.3, -0.25) is 10.1 Å². The van der Waals surface area contributed by atoms with Gasteiger partial charge in [-0.1, -0.05) is 23.2 Å². The van der Waals surface area contributed by atoms with Crippen molar-refractivity contribution in [3.05, 3.63) is 61.9 Å². The van der Waals surface area contributed by atoms with E-state index in [0.717, 1.165) is 12.1 Å². The molecular formula is C13H5Cl2F4NO3. The average Bonchev–Trinajstić information content (AvgIpc) is 2.41. The number of hydrogen-bond acceptors (Lipinski definition) is 3. The van der Waals surface area contributed by atoms with Crippen LogP contribution in [0.1, 0.15) is 5.56 Å². The number of alkyl halides is 3. The van der Waals surface area contributed by atoms with Crippen molar-refractivity contribution < 1.29 is 27.2 Å². The highest BCUT2D eigenvalue weighted by atomic mass is 35.5. The van der Waals surface area contributed by atoms with Crippen LogP contribution in [0.2, 0.25) is 10.0 Å². The summed E-state index contributed by atoms with van der Waals surface area (Å²) in [6, 6.07) is 3.81. The summed E-state index contributed by atoms with van der Waals surface area (Å²) in [4.78, 5) is 9.57. The molecule has 10 heteroatoms. The van der Waals surface area contributed by atoms with Crippen LogP contribution >= 0.6 is 23.2 Å². The molecule has 4 nitrogen and oxygen atoms in total. The number of ether oxygens (including phenoxy) is 1. The Morgan fingerprint density at radius 3 is 2.09 bits per heavy atom. The summed E-state index contributed by atoms with van der Waals surface area (Å²) in [5.41, 5.74) is -1.85. The molecule has 0 saturated carbocycles. The van der Waals surface area contributed by atoms with Crippen molar-refractivity contribution in [1.29, 1.82) is 0 Å². The molecule has 0 unspecified atom stereocenters. The Bertz CT molecular complexity index is 757. The lowest BCUT2D eigenvalue weighted by Gasteiger charge is -2.13. The molecule has 0 N–H and O–H groups in total. The zero-order chi connectivity index (χ0) is 17.4. The van der Waals surface area contributed by atoms with Gasteiger partial charge in [0.1, 0.15) is 5.75 Å². The van der Waals surface area contributed by atoms with Crippen LogP contribution in [0, 0.1) is 15.9 Å². The quantitative estimate of drug-likeness (QED) is 0.387. The van der Waals surface area contributed by atoms with Crippen molar-refractivity contribution in [1.82, 2.24) is 0 Å². The molecule has 2 rings (SSSR count). The van der Waals surface area contributed by atoms with Gasteiger partial charge in [0, 0.05) is 12.1 Å². The Balaban J connectivity index is 2.38. The van der Waals surface area contributed by atoms with Crippen LogP contribution in [0.4, 0.5) is 23.2 Å². The van der Waals surface area contributed by atoms with Gasteiger partial charge in [0.25, 0.3) is 0 Å². The second kappa shape index (κ2) is 6.21. The minimum atomic E-state index is -4.65. The Hall–Kier alpha value is -2.06. The van der Waals surface area contributed by atoms with Crippen molar-refractivity contribution in [3.8, 4) is 11.5 Å². The summed E-state index contributed by atoms with van der Waals surface area (Å²) < 4.78 is 56.4. The second-order valence-corrected chi connectivity index (χ2v) is 5.05. The number of hydrogen-bond donors (Lipinski definition) is 0. The summed E-state index contributed by atoms with van der Waals surface area (Å²) in [6.45, 7) is 0. The van der Waals surface area contributed by atoms with Crippen LogP contribution in [0.3, 0.4) is 0 Å². The maximum absolute atomic E-state index is 13.5. The Kier molecular flexibility index (Phi) is 4.67. The van der Waals surface area contributed by atoms with Crippen LogP contribution in [0.5, 0.6) is 11.5 Å². The molecule has 0 atom stereocenters. The van der Waals surface area contributed by atoms with E-state index in [1.54, 1.807) is 0 Å². The van der Waals surface area contributed by atoms with Crippen molar-refractivity contribution in [3.63, 3.8) is 0 Å². The van der Waals surface area contributed by atoms with E-state index >= 15 is 0 Å². The molecule has 0 aliphatic carbocycles. The van der Waals surface area contributed by atoms with Gasteiger partial charge in [0.05, 0.1) is 20.5 Å². The molecule has 2 aromatic carbocycles. The minimum absolute atomic E-state index is 0.211. The number of benzene rings is 2. The molecule has 0 aromatic heterocycles. The number of halogens is 6. The lowest BCUT2D eigenvalue weighted by molar-refractivity contribution is -0.387. The van der Waals surface area contributed by atoms with E-state index in [9.17, 15) is 27.7 Å². The molecule has 0 aliphatic heterocycles. The zero-order valence-corrected chi connectivity index (χ0v) is 12.3. The van der Waals surface area contributed by atoms with Gasteiger partial charge in [-0.25, -0.2) is 0 Å². The van der Waals surface area contributed by atoms with E-state index in [1.807, 2.05) is 0 Å². The zero-order valence-electron chi connectivity index (χ0n) is 10.8. The third kappa shape index (κ3) is 3.83. The summed E-state index contributed by atoms with van der Waals surface area (Å²) in [5, 5.41) is 9.62. The predicted octanol–water partition coefficient (Wildman–Crippen LogP) is 5.85. The van der Waals surface area contributed by atoms with Crippen LogP contribution in [-0.4, -0.2) is 4.92 Å². The van der Waals surface area contributed by atoms with Gasteiger partial charge in [0.15, 0.2) is 5.75 Å². The SMILES string of the molecule is O=[N+]([O-])c1ccc(Oc2c(Cl)cc(C(F)(F)F)cc2Cl)cc1F. The minimum Gasteiger partial charge on any atom is -0.454 e. The molecular weight excluding hydrogens is 365 g/mol. The van der Waals surface area contributed by atoms with Crippen LogP contribution in [0.25, 0.3) is 0 Å². The first kappa shape index (κ1) is 17.3. The molecule has 0 heterocycles. The molecule has 23 heavy (non-hydrogen) atoms. The van der Waals surface area contributed by atoms with Crippen molar-refractivity contribution >= 4 is 28.9 Å². The summed E-state index contributed by atoms with van der Waals surface area (Å²) in [6.07, 6.45) is -4.65. The van der Waals surface area contributed by atoms with Crippen molar-refractivity contribution in [2.75, 3.05) is 0 Å². The fourth-order valence-electron chi connectivity index (χ4n) is 1.64. The Labute approximate surface area is 136 Å². The smallest absolute Gasteiger partial charge is 0.416 e. The largest absolute Gasteiger partial charge is 0.454 e. The van der Waals surface area contributed by atoms with E-state index in [4.69, 9.17) is 27.9 Å². The maximum atomic E-state index is 13.5. The molecule has 0 amide bonds. The second-order valence-electron chi connectivity index (χ2n) is 4.24. The van der Waals surface area contributed by atoms with Gasteiger partial charge in [-0.05, 0) is 18.2 Å². The highest BCUT2D eigenvalue weighted by Gasteiger charge is 2.32. The third-order valence-electron chi connectivity index (χ3n) is 2.66. The third-order valence-corrected chi connectivity index (χ3v) is 3.22. The maximum Gasteiger partial charge on any atom is 0.416 e. The first-order valence-electron chi connectivity index (χ1n) is 5.77. The van der Waals surface area contributed by atoms with E-state index < -0.39 is 38.2 Å². The molecule has 0 fully saturated rings. The van der Waals surface area contributed by atoms with E-state index in [-0.39, 0.29) is 11.5 Å². The standard InChI is InChI=1S/C13H5Cl2F4NO3/c14-8-3-6(13(17,18)19)4-9(15)12(8)23-7-1-2-11(20(21)22)10(16)5-7/h1-5H. The average molecular weight is 370 g/mol. The van der Waals surface area contributed by atoms with Crippen LogP contribution in [-0.2, 0) is 6.18 Å². The normalized spacial score (nSPS) is 11.4. The fraction of sp³-hybridized carbons (Fsp3) is 0.0769. The first-order chi connectivity index (χ1) is 10.6. The summed E-state index contributed by atoms with van der Waals surface area (Å²) >= 11 is 11.4. The fourth-order valence-corrected chi connectivity index (χ4v) is 2.20. The predicted molar refractivity (Wildman–Crippen MR) is 74.6 cm³/mol. The van der Waals surface area contributed by atoms with Crippen molar-refractivity contribution in [2.45, 2.75) is 6.18 Å². The van der Waals surface area contributed by atoms with E-state index in [2.05, 4.69) is 0 Å². The highest BCUT2D eigenvalue weighted by Crippen LogP contribution is 2.42. The Morgan fingerprint density at radius 1 is 1.09 bits per heavy atom.